The summed E-state index contributed by atoms with van der Waals surface area (Å²) >= 11 is 3.50. The molecule has 0 radical (unpaired) electrons. The van der Waals surface area contributed by atoms with Crippen molar-refractivity contribution in [3.63, 3.8) is 0 Å². The molecule has 0 saturated carbocycles. The van der Waals surface area contributed by atoms with Gasteiger partial charge in [0.15, 0.2) is 0 Å². The number of aromatic nitrogens is 2. The second kappa shape index (κ2) is 3.96. The second-order valence-electron chi connectivity index (χ2n) is 3.10. The zero-order chi connectivity index (χ0) is 9.97. The Hall–Kier alpha value is -1.09. The molecule has 0 saturated heterocycles. The van der Waals surface area contributed by atoms with Crippen LogP contribution in [0.2, 0.25) is 0 Å². The van der Waals surface area contributed by atoms with E-state index in [-0.39, 0.29) is 0 Å². The van der Waals surface area contributed by atoms with Gasteiger partial charge in [0.25, 0.3) is 0 Å². The van der Waals surface area contributed by atoms with Gasteiger partial charge in [0.05, 0.1) is 11.9 Å². The molecule has 1 aromatic carbocycles. The van der Waals surface area contributed by atoms with Gasteiger partial charge >= 0.3 is 0 Å². The average molecular weight is 251 g/mol. The molecule has 72 valence electrons. The van der Waals surface area contributed by atoms with Crippen molar-refractivity contribution in [3.05, 3.63) is 46.7 Å². The lowest BCUT2D eigenvalue weighted by Gasteiger charge is -2.02. The number of benzene rings is 1. The molecule has 0 amide bonds. The van der Waals surface area contributed by atoms with E-state index in [0.717, 1.165) is 16.6 Å². The molecule has 0 aliphatic heterocycles. The summed E-state index contributed by atoms with van der Waals surface area (Å²) in [6.07, 6.45) is 4.98. The zero-order valence-electron chi connectivity index (χ0n) is 7.94. The fourth-order valence-electron chi connectivity index (χ4n) is 1.31. The summed E-state index contributed by atoms with van der Waals surface area (Å²) in [6, 6.07) is 8.06. The van der Waals surface area contributed by atoms with Gasteiger partial charge in [0.1, 0.15) is 0 Å². The Morgan fingerprint density at radius 1 is 1.36 bits per heavy atom. The van der Waals surface area contributed by atoms with Crippen LogP contribution in [0.15, 0.2) is 41.1 Å². The maximum atomic E-state index is 4.30. The molecule has 0 spiro atoms. The molecule has 3 heteroatoms. The highest BCUT2D eigenvalue weighted by Crippen LogP contribution is 2.19. The molecule has 0 aliphatic carbocycles. The van der Waals surface area contributed by atoms with Crippen molar-refractivity contribution in [2.75, 3.05) is 0 Å². The Labute approximate surface area is 91.7 Å². The number of nitrogens with zero attached hydrogens (tertiary/aromatic N) is 2. The van der Waals surface area contributed by atoms with Crippen LogP contribution in [0.25, 0.3) is 5.69 Å². The Morgan fingerprint density at radius 3 is 2.79 bits per heavy atom. The van der Waals surface area contributed by atoms with Crippen LogP contribution in [0.3, 0.4) is 0 Å². The molecule has 2 nitrogen and oxygen atoms in total. The molecule has 0 bridgehead atoms. The SMILES string of the molecule is CCc1cnn(-c2ccccc2Br)c1. The third kappa shape index (κ3) is 1.73. The highest BCUT2D eigenvalue weighted by Gasteiger charge is 2.02. The molecule has 2 rings (SSSR count). The fraction of sp³-hybridized carbons (Fsp3) is 0.182. The average Bonchev–Trinajstić information content (AvgIpc) is 2.67. The lowest BCUT2D eigenvalue weighted by atomic mass is 10.3. The van der Waals surface area contributed by atoms with Crippen molar-refractivity contribution in [2.45, 2.75) is 13.3 Å². The second-order valence-corrected chi connectivity index (χ2v) is 3.95. The maximum Gasteiger partial charge on any atom is 0.0787 e. The van der Waals surface area contributed by atoms with Gasteiger partial charge in [-0.25, -0.2) is 4.68 Å². The van der Waals surface area contributed by atoms with Crippen LogP contribution >= 0.6 is 15.9 Å². The predicted molar refractivity (Wildman–Crippen MR) is 60.6 cm³/mol. The normalized spacial score (nSPS) is 10.4. The summed E-state index contributed by atoms with van der Waals surface area (Å²) < 4.78 is 2.95. The number of hydrogen-bond acceptors (Lipinski definition) is 1. The monoisotopic (exact) mass is 250 g/mol. The zero-order valence-corrected chi connectivity index (χ0v) is 9.53. The number of para-hydroxylation sites is 1. The number of hydrogen-bond donors (Lipinski definition) is 0. The molecular formula is C11H11BrN2. The lowest BCUT2D eigenvalue weighted by Crippen LogP contribution is -1.94. The standard InChI is InChI=1S/C11H11BrN2/c1-2-9-7-13-14(8-9)11-6-4-3-5-10(11)12/h3-8H,2H2,1H3. The van der Waals surface area contributed by atoms with E-state index in [1.54, 1.807) is 0 Å². The fourth-order valence-corrected chi connectivity index (χ4v) is 1.78. The quantitative estimate of drug-likeness (QED) is 0.801. The van der Waals surface area contributed by atoms with Gasteiger partial charge in [-0.3, -0.25) is 0 Å². The summed E-state index contributed by atoms with van der Waals surface area (Å²) in [7, 11) is 0. The summed E-state index contributed by atoms with van der Waals surface area (Å²) in [6.45, 7) is 2.13. The van der Waals surface area contributed by atoms with E-state index in [2.05, 4.69) is 34.1 Å². The van der Waals surface area contributed by atoms with E-state index >= 15 is 0 Å². The van der Waals surface area contributed by atoms with Crippen molar-refractivity contribution in [1.29, 1.82) is 0 Å². The van der Waals surface area contributed by atoms with E-state index in [1.807, 2.05) is 35.1 Å². The Kier molecular flexibility index (Phi) is 2.68. The Balaban J connectivity index is 2.44. The minimum Gasteiger partial charge on any atom is -0.240 e. The third-order valence-electron chi connectivity index (χ3n) is 2.14. The predicted octanol–water partition coefficient (Wildman–Crippen LogP) is 3.20. The first-order valence-electron chi connectivity index (χ1n) is 4.59. The van der Waals surface area contributed by atoms with Crippen molar-refractivity contribution in [1.82, 2.24) is 9.78 Å². The molecule has 0 fully saturated rings. The van der Waals surface area contributed by atoms with E-state index < -0.39 is 0 Å². The molecule has 1 heterocycles. The smallest absolute Gasteiger partial charge is 0.0787 e. The van der Waals surface area contributed by atoms with Crippen molar-refractivity contribution in [2.24, 2.45) is 0 Å². The van der Waals surface area contributed by atoms with Crippen LogP contribution in [0.5, 0.6) is 0 Å². The van der Waals surface area contributed by atoms with Gasteiger partial charge in [-0.1, -0.05) is 19.1 Å². The first-order chi connectivity index (χ1) is 6.81. The first kappa shape index (κ1) is 9.46. The molecule has 0 aliphatic rings. The summed E-state index contributed by atoms with van der Waals surface area (Å²) in [5.41, 5.74) is 2.33. The number of rotatable bonds is 2. The molecule has 2 aromatic rings. The van der Waals surface area contributed by atoms with Gasteiger partial charge in [-0.05, 0) is 40.0 Å². The van der Waals surface area contributed by atoms with Gasteiger partial charge in [0.2, 0.25) is 0 Å². The van der Waals surface area contributed by atoms with Gasteiger partial charge < -0.3 is 0 Å². The Bertz CT molecular complexity index is 434. The summed E-state index contributed by atoms with van der Waals surface area (Å²) in [5.74, 6) is 0. The van der Waals surface area contributed by atoms with Crippen LogP contribution in [-0.2, 0) is 6.42 Å². The minimum atomic E-state index is 1.02. The topological polar surface area (TPSA) is 17.8 Å². The molecule has 0 N–H and O–H groups in total. The number of halogens is 1. The molecule has 0 unspecified atom stereocenters. The Morgan fingerprint density at radius 2 is 2.14 bits per heavy atom. The largest absolute Gasteiger partial charge is 0.240 e. The lowest BCUT2D eigenvalue weighted by molar-refractivity contribution is 0.875. The molecule has 0 atom stereocenters. The minimum absolute atomic E-state index is 1.02. The van der Waals surface area contributed by atoms with Crippen molar-refractivity contribution < 1.29 is 0 Å². The van der Waals surface area contributed by atoms with E-state index in [9.17, 15) is 0 Å². The molecular weight excluding hydrogens is 240 g/mol. The van der Waals surface area contributed by atoms with Crippen molar-refractivity contribution in [3.8, 4) is 5.69 Å². The van der Waals surface area contributed by atoms with Crippen LogP contribution < -0.4 is 0 Å². The summed E-state index contributed by atoms with van der Waals surface area (Å²) in [4.78, 5) is 0. The maximum absolute atomic E-state index is 4.30. The van der Waals surface area contributed by atoms with Crippen LogP contribution in [0.4, 0.5) is 0 Å². The number of aryl methyl sites for hydroxylation is 1. The van der Waals surface area contributed by atoms with Gasteiger partial charge in [-0.15, -0.1) is 0 Å². The highest BCUT2D eigenvalue weighted by molar-refractivity contribution is 9.10. The molecule has 1 aromatic heterocycles. The van der Waals surface area contributed by atoms with Crippen molar-refractivity contribution >= 4 is 15.9 Å². The van der Waals surface area contributed by atoms with E-state index in [1.165, 1.54) is 5.56 Å². The molecule has 14 heavy (non-hydrogen) atoms. The van der Waals surface area contributed by atoms with Crippen LogP contribution in [0, 0.1) is 0 Å². The van der Waals surface area contributed by atoms with Crippen LogP contribution in [-0.4, -0.2) is 9.78 Å². The van der Waals surface area contributed by atoms with Gasteiger partial charge in [-0.2, -0.15) is 5.10 Å². The third-order valence-corrected chi connectivity index (χ3v) is 2.81. The highest BCUT2D eigenvalue weighted by atomic mass is 79.9. The van der Waals surface area contributed by atoms with Crippen LogP contribution in [0.1, 0.15) is 12.5 Å². The summed E-state index contributed by atoms with van der Waals surface area (Å²) in [5, 5.41) is 4.30. The first-order valence-corrected chi connectivity index (χ1v) is 5.39. The van der Waals surface area contributed by atoms with Gasteiger partial charge in [0, 0.05) is 10.7 Å². The van der Waals surface area contributed by atoms with E-state index in [0.29, 0.717) is 0 Å². The van der Waals surface area contributed by atoms with E-state index in [4.69, 9.17) is 0 Å².